The van der Waals surface area contributed by atoms with Gasteiger partial charge in [0.1, 0.15) is 23.6 Å². The predicted molar refractivity (Wildman–Crippen MR) is 63.0 cm³/mol. The molecule has 2 aromatic rings. The van der Waals surface area contributed by atoms with Gasteiger partial charge in [0, 0.05) is 11.6 Å². The molecule has 2 nitrogen and oxygen atoms in total. The summed E-state index contributed by atoms with van der Waals surface area (Å²) in [5.41, 5.74) is 1.37. The van der Waals surface area contributed by atoms with Crippen LogP contribution >= 0.6 is 0 Å². The Morgan fingerprint density at radius 3 is 2.41 bits per heavy atom. The summed E-state index contributed by atoms with van der Waals surface area (Å²) in [4.78, 5) is 10.6. The fourth-order valence-electron chi connectivity index (χ4n) is 1.45. The second-order valence-corrected chi connectivity index (χ2v) is 3.75. The van der Waals surface area contributed by atoms with Crippen LogP contribution < -0.4 is 4.74 Å². The number of aryl methyl sites for hydroxylation is 1. The highest BCUT2D eigenvalue weighted by atomic mass is 19.1. The van der Waals surface area contributed by atoms with Crippen molar-refractivity contribution in [2.45, 2.75) is 6.92 Å². The number of halogens is 1. The number of hydrogen-bond donors (Lipinski definition) is 0. The summed E-state index contributed by atoms with van der Waals surface area (Å²) < 4.78 is 18.6. The number of carbonyl (C=O) groups is 1. The molecule has 0 saturated carbocycles. The van der Waals surface area contributed by atoms with Crippen LogP contribution in [-0.4, -0.2) is 6.29 Å². The van der Waals surface area contributed by atoms with Crippen molar-refractivity contribution in [2.75, 3.05) is 0 Å². The Balaban J connectivity index is 2.26. The molecule has 86 valence electrons. The van der Waals surface area contributed by atoms with Crippen LogP contribution in [0.25, 0.3) is 0 Å². The van der Waals surface area contributed by atoms with Crippen LogP contribution in [0, 0.1) is 12.7 Å². The quantitative estimate of drug-likeness (QED) is 0.751. The van der Waals surface area contributed by atoms with Crippen LogP contribution in [0.5, 0.6) is 11.5 Å². The molecule has 0 bridgehead atoms. The Morgan fingerprint density at radius 2 is 1.76 bits per heavy atom. The maximum absolute atomic E-state index is 13.1. The highest BCUT2D eigenvalue weighted by Gasteiger charge is 2.02. The highest BCUT2D eigenvalue weighted by molar-refractivity contribution is 5.75. The van der Waals surface area contributed by atoms with Crippen LogP contribution in [0.3, 0.4) is 0 Å². The van der Waals surface area contributed by atoms with Crippen LogP contribution in [0.1, 0.15) is 15.9 Å². The maximum atomic E-state index is 13.1. The van der Waals surface area contributed by atoms with E-state index in [0.717, 1.165) is 11.6 Å². The molecule has 0 amide bonds. The van der Waals surface area contributed by atoms with Crippen molar-refractivity contribution in [2.24, 2.45) is 0 Å². The minimum absolute atomic E-state index is 0.257. The summed E-state index contributed by atoms with van der Waals surface area (Å²) in [6.45, 7) is 1.97. The third kappa shape index (κ3) is 2.91. The molecule has 0 radical (unpaired) electrons. The van der Waals surface area contributed by atoms with E-state index in [9.17, 15) is 9.18 Å². The third-order valence-electron chi connectivity index (χ3n) is 2.29. The molecule has 17 heavy (non-hydrogen) atoms. The molecule has 0 aromatic heterocycles. The third-order valence-corrected chi connectivity index (χ3v) is 2.29. The molecule has 0 N–H and O–H groups in total. The van der Waals surface area contributed by atoms with Gasteiger partial charge in [0.25, 0.3) is 0 Å². The molecule has 0 spiro atoms. The van der Waals surface area contributed by atoms with E-state index >= 15 is 0 Å². The topological polar surface area (TPSA) is 26.3 Å². The number of carbonyl (C=O) groups excluding carboxylic acids is 1. The van der Waals surface area contributed by atoms with E-state index in [1.165, 1.54) is 12.1 Å². The van der Waals surface area contributed by atoms with E-state index < -0.39 is 5.82 Å². The van der Waals surface area contributed by atoms with E-state index in [-0.39, 0.29) is 5.56 Å². The summed E-state index contributed by atoms with van der Waals surface area (Å²) in [5.74, 6) is 0.436. The molecular weight excluding hydrogens is 219 g/mol. The van der Waals surface area contributed by atoms with Gasteiger partial charge in [-0.25, -0.2) is 4.39 Å². The fourth-order valence-corrected chi connectivity index (χ4v) is 1.45. The summed E-state index contributed by atoms with van der Waals surface area (Å²) in [6, 6.07) is 11.3. The molecule has 0 aliphatic carbocycles. The van der Waals surface area contributed by atoms with Crippen molar-refractivity contribution in [1.82, 2.24) is 0 Å². The van der Waals surface area contributed by atoms with Crippen molar-refractivity contribution in [3.8, 4) is 11.5 Å². The van der Waals surface area contributed by atoms with Gasteiger partial charge in [0.2, 0.25) is 0 Å². The SMILES string of the molecule is Cc1ccc(Oc2cc(F)cc(C=O)c2)cc1. The van der Waals surface area contributed by atoms with E-state index in [1.807, 2.05) is 19.1 Å². The summed E-state index contributed by atoms with van der Waals surface area (Å²) in [7, 11) is 0. The first-order valence-electron chi connectivity index (χ1n) is 5.18. The first kappa shape index (κ1) is 11.3. The molecular formula is C14H11FO2. The standard InChI is InChI=1S/C14H11FO2/c1-10-2-4-13(5-3-10)17-14-7-11(9-16)6-12(15)8-14/h2-9H,1H3. The number of benzene rings is 2. The van der Waals surface area contributed by atoms with Crippen molar-refractivity contribution >= 4 is 6.29 Å². The van der Waals surface area contributed by atoms with Crippen molar-refractivity contribution in [3.05, 3.63) is 59.4 Å². The van der Waals surface area contributed by atoms with Crippen LogP contribution in [0.2, 0.25) is 0 Å². The average Bonchev–Trinajstić information content (AvgIpc) is 2.31. The molecule has 0 saturated heterocycles. The van der Waals surface area contributed by atoms with Crippen molar-refractivity contribution in [1.29, 1.82) is 0 Å². The van der Waals surface area contributed by atoms with Gasteiger partial charge in [0.05, 0.1) is 0 Å². The van der Waals surface area contributed by atoms with E-state index in [0.29, 0.717) is 17.8 Å². The number of hydrogen-bond acceptors (Lipinski definition) is 2. The van der Waals surface area contributed by atoms with E-state index in [2.05, 4.69) is 0 Å². The molecule has 0 unspecified atom stereocenters. The van der Waals surface area contributed by atoms with Gasteiger partial charge in [-0.15, -0.1) is 0 Å². The second-order valence-electron chi connectivity index (χ2n) is 3.75. The molecule has 2 aromatic carbocycles. The van der Waals surface area contributed by atoms with Gasteiger partial charge in [-0.05, 0) is 31.2 Å². The number of aldehydes is 1. The lowest BCUT2D eigenvalue weighted by Gasteiger charge is -2.06. The molecule has 0 aliphatic rings. The molecule has 0 fully saturated rings. The first-order chi connectivity index (χ1) is 8.17. The zero-order valence-corrected chi connectivity index (χ0v) is 9.31. The van der Waals surface area contributed by atoms with Crippen molar-refractivity contribution < 1.29 is 13.9 Å². The molecule has 0 heterocycles. The summed E-state index contributed by atoms with van der Waals surface area (Å²) in [6.07, 6.45) is 0.588. The number of rotatable bonds is 3. The van der Waals surface area contributed by atoms with Gasteiger partial charge in [-0.3, -0.25) is 4.79 Å². The first-order valence-corrected chi connectivity index (χ1v) is 5.18. The number of ether oxygens (including phenoxy) is 1. The molecule has 0 aliphatic heterocycles. The fraction of sp³-hybridized carbons (Fsp3) is 0.0714. The van der Waals surface area contributed by atoms with Crippen LogP contribution in [0.4, 0.5) is 4.39 Å². The van der Waals surface area contributed by atoms with Crippen molar-refractivity contribution in [3.63, 3.8) is 0 Å². The lowest BCUT2D eigenvalue weighted by atomic mass is 10.2. The van der Waals surface area contributed by atoms with Gasteiger partial charge in [0.15, 0.2) is 0 Å². The Kier molecular flexibility index (Phi) is 3.19. The lowest BCUT2D eigenvalue weighted by molar-refractivity contribution is 0.112. The zero-order chi connectivity index (χ0) is 12.3. The largest absolute Gasteiger partial charge is 0.457 e. The maximum Gasteiger partial charge on any atom is 0.150 e. The average molecular weight is 230 g/mol. The molecule has 0 atom stereocenters. The van der Waals surface area contributed by atoms with Gasteiger partial charge >= 0.3 is 0 Å². The monoisotopic (exact) mass is 230 g/mol. The predicted octanol–water partition coefficient (Wildman–Crippen LogP) is 3.74. The van der Waals surface area contributed by atoms with E-state index in [4.69, 9.17) is 4.74 Å². The van der Waals surface area contributed by atoms with E-state index in [1.54, 1.807) is 12.1 Å². The minimum Gasteiger partial charge on any atom is -0.457 e. The van der Waals surface area contributed by atoms with Gasteiger partial charge < -0.3 is 4.74 Å². The molecule has 3 heteroatoms. The smallest absolute Gasteiger partial charge is 0.150 e. The molecule has 2 rings (SSSR count). The second kappa shape index (κ2) is 4.78. The van der Waals surface area contributed by atoms with Gasteiger partial charge in [-0.2, -0.15) is 0 Å². The van der Waals surface area contributed by atoms with Crippen LogP contribution in [0.15, 0.2) is 42.5 Å². The minimum atomic E-state index is -0.489. The highest BCUT2D eigenvalue weighted by Crippen LogP contribution is 2.23. The summed E-state index contributed by atoms with van der Waals surface area (Å²) >= 11 is 0. The normalized spacial score (nSPS) is 10.0. The Morgan fingerprint density at radius 1 is 1.06 bits per heavy atom. The lowest BCUT2D eigenvalue weighted by Crippen LogP contribution is -1.89. The Bertz CT molecular complexity index is 532. The zero-order valence-electron chi connectivity index (χ0n) is 9.31. The Hall–Kier alpha value is -2.16. The van der Waals surface area contributed by atoms with Crippen LogP contribution in [-0.2, 0) is 0 Å². The van der Waals surface area contributed by atoms with Gasteiger partial charge in [-0.1, -0.05) is 17.7 Å². The summed E-state index contributed by atoms with van der Waals surface area (Å²) in [5, 5.41) is 0. The Labute approximate surface area is 98.7 Å².